The van der Waals surface area contributed by atoms with E-state index >= 15 is 0 Å². The fraction of sp³-hybridized carbons (Fsp3) is 0.500. The molecule has 0 saturated heterocycles. The van der Waals surface area contributed by atoms with Gasteiger partial charge in [0.05, 0.1) is 18.8 Å². The molecule has 4 nitrogen and oxygen atoms in total. The summed E-state index contributed by atoms with van der Waals surface area (Å²) in [5.74, 6) is 0.875. The monoisotopic (exact) mass is 329 g/mol. The Balaban J connectivity index is 2.58. The summed E-state index contributed by atoms with van der Waals surface area (Å²) in [6.45, 7) is 4.33. The summed E-state index contributed by atoms with van der Waals surface area (Å²) in [7, 11) is 1.57. The summed E-state index contributed by atoms with van der Waals surface area (Å²) >= 11 is 3.33. The predicted molar refractivity (Wildman–Crippen MR) is 78.5 cm³/mol. The highest BCUT2D eigenvalue weighted by Crippen LogP contribution is 2.22. The molecule has 0 aliphatic rings. The molecule has 0 spiro atoms. The molecule has 0 saturated carbocycles. The summed E-state index contributed by atoms with van der Waals surface area (Å²) in [6.07, 6.45) is 0.158. The van der Waals surface area contributed by atoms with Gasteiger partial charge in [-0.2, -0.15) is 0 Å². The molecule has 5 heteroatoms. The van der Waals surface area contributed by atoms with Gasteiger partial charge in [-0.3, -0.25) is 4.79 Å². The third-order valence-corrected chi connectivity index (χ3v) is 3.32. The van der Waals surface area contributed by atoms with Crippen molar-refractivity contribution < 1.29 is 14.6 Å². The lowest BCUT2D eigenvalue weighted by Crippen LogP contribution is -2.32. The molecule has 1 rings (SSSR count). The maximum Gasteiger partial charge on any atom is 0.252 e. The average Bonchev–Trinajstić information content (AvgIpc) is 2.35. The van der Waals surface area contributed by atoms with Crippen LogP contribution in [0.5, 0.6) is 5.75 Å². The molecule has 0 fully saturated rings. The lowest BCUT2D eigenvalue weighted by molar-refractivity contribution is 0.0899. The van der Waals surface area contributed by atoms with Crippen molar-refractivity contribution in [3.05, 3.63) is 28.2 Å². The quantitative estimate of drug-likeness (QED) is 0.843. The van der Waals surface area contributed by atoms with E-state index in [0.29, 0.717) is 28.1 Å². The zero-order valence-electron chi connectivity index (χ0n) is 11.4. The van der Waals surface area contributed by atoms with Crippen molar-refractivity contribution in [3.63, 3.8) is 0 Å². The third-order valence-electron chi connectivity index (χ3n) is 2.66. The first-order chi connectivity index (χ1) is 8.93. The van der Waals surface area contributed by atoms with Gasteiger partial charge in [-0.1, -0.05) is 13.8 Å². The topological polar surface area (TPSA) is 58.6 Å². The largest absolute Gasteiger partial charge is 0.497 e. The molecule has 0 radical (unpaired) electrons. The zero-order valence-corrected chi connectivity index (χ0v) is 13.0. The predicted octanol–water partition coefficient (Wildman–Crippen LogP) is 2.59. The summed E-state index contributed by atoms with van der Waals surface area (Å²) in [5, 5.41) is 12.4. The van der Waals surface area contributed by atoms with E-state index in [1.54, 1.807) is 25.3 Å². The summed E-state index contributed by atoms with van der Waals surface area (Å²) in [5.41, 5.74) is 0.526. The van der Waals surface area contributed by atoms with Gasteiger partial charge < -0.3 is 15.2 Å². The van der Waals surface area contributed by atoms with Crippen molar-refractivity contribution >= 4 is 21.8 Å². The van der Waals surface area contributed by atoms with Crippen molar-refractivity contribution in [1.82, 2.24) is 5.32 Å². The Hall–Kier alpha value is -1.07. The minimum atomic E-state index is -0.513. The second-order valence-corrected chi connectivity index (χ2v) is 5.69. The average molecular weight is 330 g/mol. The Bertz CT molecular complexity index is 435. The van der Waals surface area contributed by atoms with Gasteiger partial charge in [-0.25, -0.2) is 0 Å². The number of hydrogen-bond acceptors (Lipinski definition) is 3. The van der Waals surface area contributed by atoms with Crippen molar-refractivity contribution in [3.8, 4) is 5.75 Å². The van der Waals surface area contributed by atoms with E-state index < -0.39 is 6.10 Å². The summed E-state index contributed by atoms with van der Waals surface area (Å²) < 4.78 is 5.74. The molecule has 0 bridgehead atoms. The van der Waals surface area contributed by atoms with E-state index in [1.807, 2.05) is 13.8 Å². The fourth-order valence-corrected chi connectivity index (χ4v) is 2.28. The number of benzene rings is 1. The molecule has 19 heavy (non-hydrogen) atoms. The highest BCUT2D eigenvalue weighted by Gasteiger charge is 2.13. The molecule has 1 aromatic carbocycles. The second-order valence-electron chi connectivity index (χ2n) is 4.84. The van der Waals surface area contributed by atoms with E-state index in [1.165, 1.54) is 0 Å². The van der Waals surface area contributed by atoms with Gasteiger partial charge >= 0.3 is 0 Å². The number of ether oxygens (including phenoxy) is 1. The number of methoxy groups -OCH3 is 1. The minimum Gasteiger partial charge on any atom is -0.497 e. The maximum atomic E-state index is 12.0. The smallest absolute Gasteiger partial charge is 0.252 e. The number of carbonyl (C=O) groups excluding carboxylic acids is 1. The van der Waals surface area contributed by atoms with Gasteiger partial charge in [0, 0.05) is 11.0 Å². The van der Waals surface area contributed by atoms with Gasteiger partial charge in [-0.15, -0.1) is 0 Å². The molecule has 1 amide bonds. The molecule has 0 aliphatic heterocycles. The van der Waals surface area contributed by atoms with Crippen LogP contribution in [0, 0.1) is 5.92 Å². The third kappa shape index (κ3) is 5.20. The van der Waals surface area contributed by atoms with Crippen molar-refractivity contribution in [2.45, 2.75) is 26.4 Å². The normalized spacial score (nSPS) is 12.3. The van der Waals surface area contributed by atoms with Crippen LogP contribution in [0.3, 0.4) is 0 Å². The molecule has 0 aromatic heterocycles. The van der Waals surface area contributed by atoms with Crippen LogP contribution >= 0.6 is 15.9 Å². The molecule has 1 unspecified atom stereocenters. The van der Waals surface area contributed by atoms with Crippen LogP contribution in [0.15, 0.2) is 22.7 Å². The van der Waals surface area contributed by atoms with E-state index in [9.17, 15) is 9.90 Å². The Morgan fingerprint density at radius 2 is 2.16 bits per heavy atom. The number of aliphatic hydroxyl groups excluding tert-OH is 1. The first-order valence-corrected chi connectivity index (χ1v) is 7.03. The maximum absolute atomic E-state index is 12.0. The van der Waals surface area contributed by atoms with E-state index in [2.05, 4.69) is 21.2 Å². The summed E-state index contributed by atoms with van der Waals surface area (Å²) in [6, 6.07) is 5.15. The van der Waals surface area contributed by atoms with Gasteiger partial charge in [0.1, 0.15) is 5.75 Å². The Kier molecular flexibility index (Phi) is 6.31. The zero-order chi connectivity index (χ0) is 14.4. The van der Waals surface area contributed by atoms with Crippen LogP contribution in [0.1, 0.15) is 30.6 Å². The van der Waals surface area contributed by atoms with E-state index in [4.69, 9.17) is 4.74 Å². The van der Waals surface area contributed by atoms with Crippen LogP contribution < -0.4 is 10.1 Å². The molecular formula is C14H20BrNO3. The Morgan fingerprint density at radius 1 is 1.47 bits per heavy atom. The van der Waals surface area contributed by atoms with Gasteiger partial charge in [0.25, 0.3) is 5.91 Å². The Morgan fingerprint density at radius 3 is 2.68 bits per heavy atom. The number of hydrogen-bond donors (Lipinski definition) is 2. The molecule has 0 heterocycles. The second kappa shape index (κ2) is 7.50. The number of halogens is 1. The minimum absolute atomic E-state index is 0.211. The standard InChI is InChI=1S/C14H20BrNO3/c1-9(2)6-10(17)8-16-14(18)12-5-4-11(19-3)7-13(12)15/h4-5,7,9-10,17H,6,8H2,1-3H3,(H,16,18). The first kappa shape index (κ1) is 16.0. The van der Waals surface area contributed by atoms with Gasteiger partial charge in [-0.05, 0) is 46.5 Å². The van der Waals surface area contributed by atoms with Crippen LogP contribution in [-0.2, 0) is 0 Å². The summed E-state index contributed by atoms with van der Waals surface area (Å²) in [4.78, 5) is 12.0. The van der Waals surface area contributed by atoms with Crippen LogP contribution in [0.25, 0.3) is 0 Å². The lowest BCUT2D eigenvalue weighted by Gasteiger charge is -2.14. The van der Waals surface area contributed by atoms with Crippen LogP contribution in [0.2, 0.25) is 0 Å². The lowest BCUT2D eigenvalue weighted by atomic mass is 10.1. The fourth-order valence-electron chi connectivity index (χ4n) is 1.74. The number of aliphatic hydroxyl groups is 1. The Labute approximate surface area is 122 Å². The molecule has 1 aromatic rings. The first-order valence-electron chi connectivity index (χ1n) is 6.23. The number of rotatable bonds is 6. The molecule has 1 atom stereocenters. The highest BCUT2D eigenvalue weighted by molar-refractivity contribution is 9.10. The number of nitrogens with one attached hydrogen (secondary N) is 1. The SMILES string of the molecule is COc1ccc(C(=O)NCC(O)CC(C)C)c(Br)c1. The van der Waals surface area contributed by atoms with E-state index in [-0.39, 0.29) is 12.5 Å². The van der Waals surface area contributed by atoms with Crippen molar-refractivity contribution in [1.29, 1.82) is 0 Å². The van der Waals surface area contributed by atoms with E-state index in [0.717, 1.165) is 0 Å². The van der Waals surface area contributed by atoms with Crippen molar-refractivity contribution in [2.75, 3.05) is 13.7 Å². The highest BCUT2D eigenvalue weighted by atomic mass is 79.9. The molecule has 106 valence electrons. The van der Waals surface area contributed by atoms with Crippen molar-refractivity contribution in [2.24, 2.45) is 5.92 Å². The van der Waals surface area contributed by atoms with Gasteiger partial charge in [0.15, 0.2) is 0 Å². The molecule has 2 N–H and O–H groups in total. The van der Waals surface area contributed by atoms with Crippen LogP contribution in [-0.4, -0.2) is 30.8 Å². The molecule has 0 aliphatic carbocycles. The molecular weight excluding hydrogens is 310 g/mol. The van der Waals surface area contributed by atoms with Crippen LogP contribution in [0.4, 0.5) is 0 Å². The number of carbonyl (C=O) groups is 1. The van der Waals surface area contributed by atoms with Gasteiger partial charge in [0.2, 0.25) is 0 Å². The number of amides is 1.